The van der Waals surface area contributed by atoms with Crippen LogP contribution in [0.25, 0.3) is 22.3 Å². The maximum Gasteiger partial charge on any atom is 0.410 e. The summed E-state index contributed by atoms with van der Waals surface area (Å²) in [6, 6.07) is 9.82. The van der Waals surface area contributed by atoms with Crippen molar-refractivity contribution in [2.75, 3.05) is 36.8 Å². The van der Waals surface area contributed by atoms with Crippen LogP contribution in [0.2, 0.25) is 0 Å². The number of amides is 1. The smallest absolute Gasteiger partial charge is 0.410 e. The van der Waals surface area contributed by atoms with Crippen LogP contribution in [0.1, 0.15) is 20.8 Å². The van der Waals surface area contributed by atoms with E-state index >= 15 is 0 Å². The number of benzene rings is 1. The molecule has 8 nitrogen and oxygen atoms in total. The van der Waals surface area contributed by atoms with Gasteiger partial charge in [-0.05, 0) is 57.2 Å². The van der Waals surface area contributed by atoms with Gasteiger partial charge in [0.15, 0.2) is 5.82 Å². The van der Waals surface area contributed by atoms with Crippen molar-refractivity contribution in [1.29, 1.82) is 0 Å². The number of pyridine rings is 1. The van der Waals surface area contributed by atoms with Crippen LogP contribution in [0.3, 0.4) is 0 Å². The van der Waals surface area contributed by atoms with Crippen LogP contribution < -0.4 is 10.6 Å². The Kier molecular flexibility index (Phi) is 5.34. The fourth-order valence-corrected chi connectivity index (χ4v) is 3.45. The van der Waals surface area contributed by atoms with Gasteiger partial charge in [-0.3, -0.25) is 0 Å². The van der Waals surface area contributed by atoms with Gasteiger partial charge in [-0.15, -0.1) is 0 Å². The van der Waals surface area contributed by atoms with E-state index in [-0.39, 0.29) is 17.9 Å². The number of hydrogen-bond donors (Lipinski definition) is 1. The van der Waals surface area contributed by atoms with Gasteiger partial charge in [0.1, 0.15) is 16.9 Å². The molecule has 0 spiro atoms. The summed E-state index contributed by atoms with van der Waals surface area (Å²) in [6.45, 7) is 7.67. The first-order valence-electron chi connectivity index (χ1n) is 10.1. The summed E-state index contributed by atoms with van der Waals surface area (Å²) in [6.07, 6.45) is -0.323. The van der Waals surface area contributed by atoms with E-state index in [9.17, 15) is 9.18 Å². The molecule has 1 aromatic carbocycles. The lowest BCUT2D eigenvalue weighted by Gasteiger charge is -2.36. The predicted octanol–water partition coefficient (Wildman–Crippen LogP) is 3.47. The van der Waals surface area contributed by atoms with Gasteiger partial charge in [0.05, 0.1) is 11.2 Å². The quantitative estimate of drug-likeness (QED) is 0.673. The standard InChI is InChI=1S/C22H25FN6O2/c1-22(2,3)31-21(30)29-12-10-28(11-13-29)19-18-17(26-20(24)27-19)9-8-16(25-18)14-4-6-15(23)7-5-14/h4-9H,10-13H2,1-3H3,(H2,24,26,27). The molecule has 0 radical (unpaired) electrons. The number of rotatable bonds is 2. The van der Waals surface area contributed by atoms with Crippen LogP contribution in [0.15, 0.2) is 36.4 Å². The molecule has 2 N–H and O–H groups in total. The largest absolute Gasteiger partial charge is 0.444 e. The van der Waals surface area contributed by atoms with Crippen LogP contribution in [0.4, 0.5) is 21.0 Å². The molecule has 0 saturated carbocycles. The van der Waals surface area contributed by atoms with Crippen molar-refractivity contribution in [3.05, 3.63) is 42.2 Å². The summed E-state index contributed by atoms with van der Waals surface area (Å²) in [5.41, 5.74) is 8.13. The molecule has 1 saturated heterocycles. The molecule has 2 aromatic heterocycles. The highest BCUT2D eigenvalue weighted by molar-refractivity contribution is 5.88. The van der Waals surface area contributed by atoms with Crippen LogP contribution in [-0.2, 0) is 4.74 Å². The molecule has 31 heavy (non-hydrogen) atoms. The molecular weight excluding hydrogens is 399 g/mol. The number of halogens is 1. The number of carbonyl (C=O) groups is 1. The number of ether oxygens (including phenoxy) is 1. The van der Waals surface area contributed by atoms with E-state index in [0.29, 0.717) is 48.7 Å². The third-order valence-electron chi connectivity index (χ3n) is 4.91. The molecule has 0 bridgehead atoms. The van der Waals surface area contributed by atoms with E-state index in [1.54, 1.807) is 17.0 Å². The lowest BCUT2D eigenvalue weighted by molar-refractivity contribution is 0.0240. The molecule has 3 heterocycles. The number of nitrogens with two attached hydrogens (primary N) is 1. The zero-order chi connectivity index (χ0) is 22.2. The van der Waals surface area contributed by atoms with Crippen molar-refractivity contribution >= 4 is 28.9 Å². The van der Waals surface area contributed by atoms with Gasteiger partial charge in [0.2, 0.25) is 5.95 Å². The summed E-state index contributed by atoms with van der Waals surface area (Å²) < 4.78 is 18.8. The predicted molar refractivity (Wildman–Crippen MR) is 117 cm³/mol. The normalized spacial score (nSPS) is 14.7. The molecule has 3 aromatic rings. The summed E-state index contributed by atoms with van der Waals surface area (Å²) in [5, 5.41) is 0. The van der Waals surface area contributed by atoms with E-state index in [1.807, 2.05) is 37.8 Å². The van der Waals surface area contributed by atoms with E-state index in [0.717, 1.165) is 5.56 Å². The van der Waals surface area contributed by atoms with Crippen molar-refractivity contribution < 1.29 is 13.9 Å². The monoisotopic (exact) mass is 424 g/mol. The summed E-state index contributed by atoms with van der Waals surface area (Å²) >= 11 is 0. The second kappa shape index (κ2) is 7.98. The Morgan fingerprint density at radius 3 is 2.32 bits per heavy atom. The number of nitrogen functional groups attached to an aromatic ring is 1. The van der Waals surface area contributed by atoms with Crippen molar-refractivity contribution in [2.24, 2.45) is 0 Å². The van der Waals surface area contributed by atoms with E-state index < -0.39 is 5.60 Å². The summed E-state index contributed by atoms with van der Waals surface area (Å²) in [5.74, 6) is 0.480. The molecule has 1 aliphatic heterocycles. The van der Waals surface area contributed by atoms with Gasteiger partial charge in [-0.25, -0.2) is 19.2 Å². The van der Waals surface area contributed by atoms with Crippen LogP contribution in [0, 0.1) is 5.82 Å². The Bertz CT molecular complexity index is 1110. The maximum absolute atomic E-state index is 13.3. The van der Waals surface area contributed by atoms with Gasteiger partial charge in [0.25, 0.3) is 0 Å². The first-order valence-corrected chi connectivity index (χ1v) is 10.1. The lowest BCUT2D eigenvalue weighted by atomic mass is 10.1. The molecular formula is C22H25FN6O2. The number of aromatic nitrogens is 3. The summed E-state index contributed by atoms with van der Waals surface area (Å²) in [4.78, 5) is 29.6. The zero-order valence-corrected chi connectivity index (χ0v) is 17.8. The average Bonchev–Trinajstić information content (AvgIpc) is 2.72. The van der Waals surface area contributed by atoms with Crippen molar-refractivity contribution in [2.45, 2.75) is 26.4 Å². The molecule has 162 valence electrons. The van der Waals surface area contributed by atoms with Gasteiger partial charge in [-0.2, -0.15) is 4.98 Å². The highest BCUT2D eigenvalue weighted by Crippen LogP contribution is 2.28. The first-order chi connectivity index (χ1) is 14.7. The Labute approximate surface area is 179 Å². The topological polar surface area (TPSA) is 97.5 Å². The Morgan fingerprint density at radius 1 is 1.00 bits per heavy atom. The number of piperazine rings is 1. The minimum Gasteiger partial charge on any atom is -0.444 e. The lowest BCUT2D eigenvalue weighted by Crippen LogP contribution is -2.50. The van der Waals surface area contributed by atoms with Gasteiger partial charge in [0, 0.05) is 31.7 Å². The molecule has 1 amide bonds. The van der Waals surface area contributed by atoms with Gasteiger partial charge >= 0.3 is 6.09 Å². The molecule has 0 atom stereocenters. The Morgan fingerprint density at radius 2 is 1.68 bits per heavy atom. The fraction of sp³-hybridized carbons (Fsp3) is 0.364. The highest BCUT2D eigenvalue weighted by Gasteiger charge is 2.27. The third kappa shape index (κ3) is 4.65. The number of hydrogen-bond acceptors (Lipinski definition) is 7. The summed E-state index contributed by atoms with van der Waals surface area (Å²) in [7, 11) is 0. The minimum atomic E-state index is -0.536. The number of anilines is 2. The molecule has 1 fully saturated rings. The zero-order valence-electron chi connectivity index (χ0n) is 17.8. The number of fused-ring (bicyclic) bond motifs is 1. The van der Waals surface area contributed by atoms with Crippen LogP contribution >= 0.6 is 0 Å². The maximum atomic E-state index is 13.3. The molecule has 0 unspecified atom stereocenters. The first kappa shape index (κ1) is 20.8. The highest BCUT2D eigenvalue weighted by atomic mass is 19.1. The minimum absolute atomic E-state index is 0.161. The van der Waals surface area contributed by atoms with Gasteiger partial charge < -0.3 is 20.3 Å². The SMILES string of the molecule is CC(C)(C)OC(=O)N1CCN(c2nc(N)nc3ccc(-c4ccc(F)cc4)nc23)CC1. The van der Waals surface area contributed by atoms with E-state index in [1.165, 1.54) is 12.1 Å². The van der Waals surface area contributed by atoms with Crippen LogP contribution in [0.5, 0.6) is 0 Å². The second-order valence-corrected chi connectivity index (χ2v) is 8.43. The van der Waals surface area contributed by atoms with Crippen molar-refractivity contribution in [3.63, 3.8) is 0 Å². The second-order valence-electron chi connectivity index (χ2n) is 8.43. The molecule has 9 heteroatoms. The average molecular weight is 424 g/mol. The Balaban J connectivity index is 1.61. The van der Waals surface area contributed by atoms with E-state index in [4.69, 9.17) is 15.5 Å². The van der Waals surface area contributed by atoms with Crippen molar-refractivity contribution in [1.82, 2.24) is 19.9 Å². The van der Waals surface area contributed by atoms with Crippen LogP contribution in [-0.4, -0.2) is 57.7 Å². The molecule has 4 rings (SSSR count). The van der Waals surface area contributed by atoms with Crippen molar-refractivity contribution in [3.8, 4) is 11.3 Å². The Hall–Kier alpha value is -3.49. The molecule has 0 aliphatic carbocycles. The molecule has 1 aliphatic rings. The number of carbonyl (C=O) groups excluding carboxylic acids is 1. The number of nitrogens with zero attached hydrogens (tertiary/aromatic N) is 5. The third-order valence-corrected chi connectivity index (χ3v) is 4.91. The van der Waals surface area contributed by atoms with E-state index in [2.05, 4.69) is 9.97 Å². The fourth-order valence-electron chi connectivity index (χ4n) is 3.45. The van der Waals surface area contributed by atoms with Gasteiger partial charge in [-0.1, -0.05) is 0 Å².